The number of hydrogen-bond acceptors (Lipinski definition) is 7. The van der Waals surface area contributed by atoms with Crippen LogP contribution in [0.5, 0.6) is 5.75 Å². The smallest absolute Gasteiger partial charge is 0.181 e. The van der Waals surface area contributed by atoms with Crippen LogP contribution < -0.4 is 4.74 Å². The molecule has 1 aromatic carbocycles. The van der Waals surface area contributed by atoms with Crippen LogP contribution in [0.4, 0.5) is 8.78 Å². The summed E-state index contributed by atoms with van der Waals surface area (Å²) >= 11 is 1.44. The van der Waals surface area contributed by atoms with E-state index >= 15 is 0 Å². The summed E-state index contributed by atoms with van der Waals surface area (Å²) in [7, 11) is 0. The van der Waals surface area contributed by atoms with Crippen LogP contribution in [0.2, 0.25) is 0 Å². The minimum absolute atomic E-state index is 0.0242. The molecule has 0 N–H and O–H groups in total. The van der Waals surface area contributed by atoms with Crippen LogP contribution in [0.1, 0.15) is 41.7 Å². The Morgan fingerprint density at radius 1 is 1.11 bits per heavy atom. The Hall–Kier alpha value is -3.50. The molecular weight excluding hydrogens is 496 g/mol. The van der Waals surface area contributed by atoms with Gasteiger partial charge in [0.1, 0.15) is 35.0 Å². The third-order valence-electron chi connectivity index (χ3n) is 6.78. The highest BCUT2D eigenvalue weighted by Gasteiger charge is 2.25. The summed E-state index contributed by atoms with van der Waals surface area (Å²) in [6.07, 6.45) is 5.75. The van der Waals surface area contributed by atoms with Crippen molar-refractivity contribution in [3.63, 3.8) is 0 Å². The SMILES string of the molecule is O=C(CCCN1CCCC1)c1ccc2c(n1)-c1sc(-c3ncnn3-c3ccc(F)cc3F)cc1CCO2. The Balaban J connectivity index is 1.30. The molecule has 3 aromatic heterocycles. The maximum atomic E-state index is 14.5. The number of ketones is 1. The molecule has 2 aliphatic heterocycles. The molecule has 0 amide bonds. The summed E-state index contributed by atoms with van der Waals surface area (Å²) in [6.45, 7) is 3.65. The molecule has 2 aliphatic rings. The molecule has 10 heteroatoms. The number of likely N-dealkylation sites (tertiary alicyclic amines) is 1. The molecule has 0 bridgehead atoms. The van der Waals surface area contributed by atoms with E-state index in [1.165, 1.54) is 47.3 Å². The Kier molecular flexibility index (Phi) is 6.52. The highest BCUT2D eigenvalue weighted by molar-refractivity contribution is 7.19. The zero-order valence-electron chi connectivity index (χ0n) is 20.1. The van der Waals surface area contributed by atoms with Crippen molar-refractivity contribution in [2.24, 2.45) is 0 Å². The zero-order chi connectivity index (χ0) is 25.4. The molecule has 5 heterocycles. The fourth-order valence-corrected chi connectivity index (χ4v) is 6.10. The Bertz CT molecular complexity index is 1460. The molecule has 0 spiro atoms. The molecule has 4 aromatic rings. The van der Waals surface area contributed by atoms with Crippen LogP contribution in [0.3, 0.4) is 0 Å². The molecule has 0 radical (unpaired) electrons. The highest BCUT2D eigenvalue weighted by Crippen LogP contribution is 2.43. The van der Waals surface area contributed by atoms with Crippen LogP contribution in [-0.2, 0) is 6.42 Å². The Morgan fingerprint density at radius 2 is 1.97 bits per heavy atom. The second-order valence-electron chi connectivity index (χ2n) is 9.27. The Morgan fingerprint density at radius 3 is 2.81 bits per heavy atom. The summed E-state index contributed by atoms with van der Waals surface area (Å²) in [5.74, 6) is -0.281. The van der Waals surface area contributed by atoms with Crippen LogP contribution in [0.15, 0.2) is 42.7 Å². The molecule has 0 aliphatic carbocycles. The van der Waals surface area contributed by atoms with Gasteiger partial charge in [-0.3, -0.25) is 4.79 Å². The number of ether oxygens (including phenoxy) is 1. The number of pyridine rings is 1. The van der Waals surface area contributed by atoms with E-state index < -0.39 is 11.6 Å². The van der Waals surface area contributed by atoms with Gasteiger partial charge in [-0.25, -0.2) is 23.4 Å². The number of aromatic nitrogens is 4. The van der Waals surface area contributed by atoms with Gasteiger partial charge >= 0.3 is 0 Å². The normalized spacial score (nSPS) is 15.2. The van der Waals surface area contributed by atoms with Crippen LogP contribution >= 0.6 is 11.3 Å². The number of Topliss-reactive ketones (excluding diaryl/α,β-unsaturated/α-hetero) is 1. The van der Waals surface area contributed by atoms with Crippen LogP contribution in [0.25, 0.3) is 27.0 Å². The number of benzene rings is 1. The molecule has 0 atom stereocenters. The van der Waals surface area contributed by atoms with Gasteiger partial charge in [-0.15, -0.1) is 11.3 Å². The number of carbonyl (C=O) groups is 1. The summed E-state index contributed by atoms with van der Waals surface area (Å²) in [5, 5.41) is 4.18. The Labute approximate surface area is 216 Å². The van der Waals surface area contributed by atoms with Crippen molar-refractivity contribution in [2.75, 3.05) is 26.2 Å². The van der Waals surface area contributed by atoms with Gasteiger partial charge in [0, 0.05) is 18.9 Å². The lowest BCUT2D eigenvalue weighted by Gasteiger charge is -2.13. The van der Waals surface area contributed by atoms with Crippen molar-refractivity contribution in [3.05, 3.63) is 65.6 Å². The second kappa shape index (κ2) is 10.1. The highest BCUT2D eigenvalue weighted by atomic mass is 32.1. The van der Waals surface area contributed by atoms with Gasteiger partial charge in [-0.05, 0) is 74.8 Å². The van der Waals surface area contributed by atoms with Crippen molar-refractivity contribution >= 4 is 17.1 Å². The number of thiophene rings is 1. The summed E-state index contributed by atoms with van der Waals surface area (Å²) < 4.78 is 35.2. The molecule has 6 rings (SSSR count). The molecule has 1 saturated heterocycles. The van der Waals surface area contributed by atoms with Gasteiger partial charge in [0.05, 0.1) is 16.4 Å². The molecule has 190 valence electrons. The number of carbonyl (C=O) groups excluding carboxylic acids is 1. The van der Waals surface area contributed by atoms with E-state index in [1.807, 2.05) is 12.1 Å². The van der Waals surface area contributed by atoms with Crippen molar-refractivity contribution in [2.45, 2.75) is 32.1 Å². The standard InChI is InChI=1S/C27H25F2N5O2S/c28-18-5-7-21(19(29)15-18)34-27(30-16-31-34)24-14-17-9-13-36-23-8-6-20(32-25(23)26(17)37-24)22(35)4-3-12-33-10-1-2-11-33/h5-8,14-16H,1-4,9-13H2. The predicted molar refractivity (Wildman–Crippen MR) is 136 cm³/mol. The first-order chi connectivity index (χ1) is 18.1. The summed E-state index contributed by atoms with van der Waals surface area (Å²) in [4.78, 5) is 26.1. The largest absolute Gasteiger partial charge is 0.491 e. The number of rotatable bonds is 7. The molecular formula is C27H25F2N5O2S. The van der Waals surface area contributed by atoms with E-state index in [4.69, 9.17) is 9.72 Å². The molecule has 7 nitrogen and oxygen atoms in total. The van der Waals surface area contributed by atoms with Crippen LogP contribution in [-0.4, -0.2) is 56.7 Å². The zero-order valence-corrected chi connectivity index (χ0v) is 20.9. The lowest BCUT2D eigenvalue weighted by molar-refractivity contribution is 0.0971. The van der Waals surface area contributed by atoms with Gasteiger partial charge in [-0.2, -0.15) is 5.10 Å². The van der Waals surface area contributed by atoms with Crippen molar-refractivity contribution in [1.82, 2.24) is 24.6 Å². The molecule has 37 heavy (non-hydrogen) atoms. The van der Waals surface area contributed by atoms with E-state index in [0.717, 1.165) is 47.4 Å². The lowest BCUT2D eigenvalue weighted by atomic mass is 10.1. The second-order valence-corrected chi connectivity index (χ2v) is 10.3. The average Bonchev–Trinajstić information content (AvgIpc) is 3.64. The topological polar surface area (TPSA) is 73.1 Å². The molecule has 0 unspecified atom stereocenters. The van der Waals surface area contributed by atoms with E-state index in [9.17, 15) is 13.6 Å². The summed E-state index contributed by atoms with van der Waals surface area (Å²) in [6, 6.07) is 8.89. The lowest BCUT2D eigenvalue weighted by Crippen LogP contribution is -2.21. The number of fused-ring (bicyclic) bond motifs is 3. The first-order valence-electron chi connectivity index (χ1n) is 12.4. The molecule has 0 saturated carbocycles. The quantitative estimate of drug-likeness (QED) is 0.306. The maximum Gasteiger partial charge on any atom is 0.181 e. The van der Waals surface area contributed by atoms with Crippen LogP contribution in [0, 0.1) is 11.6 Å². The number of nitrogens with zero attached hydrogens (tertiary/aromatic N) is 5. The van der Waals surface area contributed by atoms with E-state index in [1.54, 1.807) is 6.07 Å². The minimum atomic E-state index is -0.724. The first-order valence-corrected chi connectivity index (χ1v) is 13.3. The average molecular weight is 522 g/mol. The fourth-order valence-electron chi connectivity index (χ4n) is 4.91. The van der Waals surface area contributed by atoms with E-state index in [0.29, 0.717) is 42.4 Å². The maximum absolute atomic E-state index is 14.5. The summed E-state index contributed by atoms with van der Waals surface area (Å²) in [5.41, 5.74) is 2.19. The first kappa shape index (κ1) is 23.9. The van der Waals surface area contributed by atoms with Gasteiger partial charge in [-0.1, -0.05) is 0 Å². The third kappa shape index (κ3) is 4.78. The third-order valence-corrected chi connectivity index (χ3v) is 7.96. The fraction of sp³-hybridized carbons (Fsp3) is 0.333. The van der Waals surface area contributed by atoms with Gasteiger partial charge in [0.25, 0.3) is 0 Å². The van der Waals surface area contributed by atoms with Gasteiger partial charge in [0.15, 0.2) is 17.4 Å². The molecule has 1 fully saturated rings. The van der Waals surface area contributed by atoms with Gasteiger partial charge < -0.3 is 9.64 Å². The van der Waals surface area contributed by atoms with Crippen molar-refractivity contribution in [1.29, 1.82) is 0 Å². The van der Waals surface area contributed by atoms with Crippen molar-refractivity contribution < 1.29 is 18.3 Å². The van der Waals surface area contributed by atoms with E-state index in [-0.39, 0.29) is 11.5 Å². The van der Waals surface area contributed by atoms with Gasteiger partial charge in [0.2, 0.25) is 0 Å². The predicted octanol–water partition coefficient (Wildman–Crippen LogP) is 5.33. The van der Waals surface area contributed by atoms with Crippen molar-refractivity contribution in [3.8, 4) is 32.7 Å². The number of hydrogen-bond donors (Lipinski definition) is 0. The minimum Gasteiger partial charge on any atom is -0.491 e. The number of halogens is 2. The van der Waals surface area contributed by atoms with E-state index in [2.05, 4.69) is 15.0 Å². The monoisotopic (exact) mass is 521 g/mol.